The molecular formula is C12H10BrFN2O2. The van der Waals surface area contributed by atoms with E-state index in [4.69, 9.17) is 5.73 Å². The Labute approximate surface area is 110 Å². The van der Waals surface area contributed by atoms with Crippen molar-refractivity contribution < 1.29 is 9.18 Å². The lowest BCUT2D eigenvalue weighted by Gasteiger charge is -2.04. The zero-order chi connectivity index (χ0) is 13.3. The van der Waals surface area contributed by atoms with Gasteiger partial charge in [0.15, 0.2) is 0 Å². The number of aromatic amines is 1. The van der Waals surface area contributed by atoms with E-state index in [0.717, 1.165) is 0 Å². The van der Waals surface area contributed by atoms with Crippen molar-refractivity contribution in [2.24, 2.45) is 5.73 Å². The zero-order valence-electron chi connectivity index (χ0n) is 9.30. The Balaban J connectivity index is 2.51. The number of nitrogens with two attached hydrogens (primary N) is 1. The van der Waals surface area contributed by atoms with Crippen molar-refractivity contribution in [3.05, 3.63) is 44.5 Å². The number of nitrogens with one attached hydrogen (secondary N) is 1. The molecule has 2 aromatic rings. The molecule has 6 heteroatoms. The van der Waals surface area contributed by atoms with Gasteiger partial charge in [-0.1, -0.05) is 0 Å². The molecule has 94 valence electrons. The van der Waals surface area contributed by atoms with Crippen LogP contribution in [0.15, 0.2) is 27.5 Å². The summed E-state index contributed by atoms with van der Waals surface area (Å²) in [4.78, 5) is 25.1. The van der Waals surface area contributed by atoms with Crippen LogP contribution < -0.4 is 11.3 Å². The summed E-state index contributed by atoms with van der Waals surface area (Å²) < 4.78 is 13.6. The fraction of sp³-hybridized carbons (Fsp3) is 0.167. The van der Waals surface area contributed by atoms with Crippen molar-refractivity contribution in [2.75, 3.05) is 0 Å². The summed E-state index contributed by atoms with van der Waals surface area (Å²) in [6.07, 6.45) is 0.513. The first-order valence-corrected chi connectivity index (χ1v) is 6.06. The van der Waals surface area contributed by atoms with Crippen LogP contribution >= 0.6 is 15.9 Å². The molecule has 0 saturated heterocycles. The molecular weight excluding hydrogens is 303 g/mol. The number of rotatable bonds is 3. The van der Waals surface area contributed by atoms with Crippen molar-refractivity contribution in [1.82, 2.24) is 4.98 Å². The molecule has 0 aliphatic rings. The lowest BCUT2D eigenvalue weighted by atomic mass is 10.1. The van der Waals surface area contributed by atoms with E-state index in [9.17, 15) is 14.0 Å². The molecule has 1 aromatic carbocycles. The Kier molecular flexibility index (Phi) is 3.47. The number of hydrogen-bond acceptors (Lipinski definition) is 2. The first-order valence-electron chi connectivity index (χ1n) is 5.26. The molecule has 0 bridgehead atoms. The van der Waals surface area contributed by atoms with Crippen molar-refractivity contribution in [2.45, 2.75) is 12.8 Å². The number of fused-ring (bicyclic) bond motifs is 1. The average Bonchev–Trinajstić information content (AvgIpc) is 2.29. The van der Waals surface area contributed by atoms with E-state index in [1.54, 1.807) is 6.07 Å². The van der Waals surface area contributed by atoms with E-state index in [2.05, 4.69) is 20.9 Å². The Morgan fingerprint density at radius 2 is 2.11 bits per heavy atom. The molecule has 0 atom stereocenters. The van der Waals surface area contributed by atoms with Crippen molar-refractivity contribution >= 4 is 32.6 Å². The molecule has 1 amide bonds. The predicted octanol–water partition coefficient (Wildman–Crippen LogP) is 1.85. The van der Waals surface area contributed by atoms with Gasteiger partial charge in [0.1, 0.15) is 5.82 Å². The molecule has 0 radical (unpaired) electrons. The highest BCUT2D eigenvalue weighted by molar-refractivity contribution is 9.10. The first kappa shape index (κ1) is 12.8. The smallest absolute Gasteiger partial charge is 0.256 e. The van der Waals surface area contributed by atoms with Crippen LogP contribution in [0.3, 0.4) is 0 Å². The maximum Gasteiger partial charge on any atom is 0.256 e. The number of halogens is 2. The summed E-state index contributed by atoms with van der Waals surface area (Å²) in [5.41, 5.74) is 5.27. The van der Waals surface area contributed by atoms with Crippen LogP contribution in [0.2, 0.25) is 0 Å². The molecule has 4 nitrogen and oxygen atoms in total. The SMILES string of the molecule is NC(=O)CCc1cc2cc(Br)c(F)cc2c(=O)[nH]1. The largest absolute Gasteiger partial charge is 0.370 e. The quantitative estimate of drug-likeness (QED) is 0.907. The summed E-state index contributed by atoms with van der Waals surface area (Å²) in [6, 6.07) is 4.42. The lowest BCUT2D eigenvalue weighted by molar-refractivity contribution is -0.118. The van der Waals surface area contributed by atoms with E-state index in [1.807, 2.05) is 0 Å². The molecule has 3 N–H and O–H groups in total. The maximum absolute atomic E-state index is 13.3. The number of hydrogen-bond donors (Lipinski definition) is 2. The van der Waals surface area contributed by atoms with E-state index >= 15 is 0 Å². The Morgan fingerprint density at radius 3 is 2.78 bits per heavy atom. The third-order valence-corrected chi connectivity index (χ3v) is 3.19. The zero-order valence-corrected chi connectivity index (χ0v) is 10.9. The minimum atomic E-state index is -0.488. The van der Waals surface area contributed by atoms with E-state index in [0.29, 0.717) is 22.0 Å². The molecule has 1 heterocycles. The third kappa shape index (κ3) is 2.59. The summed E-state index contributed by atoms with van der Waals surface area (Å²) >= 11 is 3.07. The summed E-state index contributed by atoms with van der Waals surface area (Å²) in [5.74, 6) is -0.922. The van der Waals surface area contributed by atoms with Crippen LogP contribution in [-0.4, -0.2) is 10.9 Å². The number of pyridine rings is 1. The molecule has 0 spiro atoms. The van der Waals surface area contributed by atoms with Gasteiger partial charge in [-0.15, -0.1) is 0 Å². The van der Waals surface area contributed by atoms with Gasteiger partial charge in [0, 0.05) is 17.5 Å². The highest BCUT2D eigenvalue weighted by atomic mass is 79.9. The third-order valence-electron chi connectivity index (χ3n) is 2.58. The maximum atomic E-state index is 13.3. The van der Waals surface area contributed by atoms with Gasteiger partial charge in [0.2, 0.25) is 5.91 Å². The second kappa shape index (κ2) is 4.89. The number of H-pyrrole nitrogens is 1. The molecule has 2 rings (SSSR count). The fourth-order valence-corrected chi connectivity index (χ4v) is 2.07. The van der Waals surface area contributed by atoms with Gasteiger partial charge >= 0.3 is 0 Å². The van der Waals surface area contributed by atoms with Gasteiger partial charge in [0.05, 0.1) is 4.47 Å². The molecule has 0 unspecified atom stereocenters. The number of amides is 1. The molecule has 0 fully saturated rings. The second-order valence-electron chi connectivity index (χ2n) is 3.94. The van der Waals surface area contributed by atoms with Gasteiger partial charge in [-0.05, 0) is 45.9 Å². The summed E-state index contributed by atoms with van der Waals surface area (Å²) in [6.45, 7) is 0. The van der Waals surface area contributed by atoms with E-state index in [-0.39, 0.29) is 17.4 Å². The van der Waals surface area contributed by atoms with Gasteiger partial charge in [0.25, 0.3) is 5.56 Å². The first-order chi connectivity index (χ1) is 8.47. The van der Waals surface area contributed by atoms with Gasteiger partial charge < -0.3 is 10.7 Å². The molecule has 0 saturated carbocycles. The van der Waals surface area contributed by atoms with E-state index < -0.39 is 11.7 Å². The molecule has 0 aliphatic heterocycles. The van der Waals surface area contributed by atoms with Crippen LogP contribution in [-0.2, 0) is 11.2 Å². The topological polar surface area (TPSA) is 76.0 Å². The second-order valence-corrected chi connectivity index (χ2v) is 4.80. The summed E-state index contributed by atoms with van der Waals surface area (Å²) in [7, 11) is 0. The Hall–Kier alpha value is -1.69. The highest BCUT2D eigenvalue weighted by Crippen LogP contribution is 2.21. The number of primary amides is 1. The minimum Gasteiger partial charge on any atom is -0.370 e. The minimum absolute atomic E-state index is 0.157. The standard InChI is InChI=1S/C12H10BrFN2O2/c13-9-4-6-3-7(1-2-11(15)17)16-12(18)8(6)5-10(9)14/h3-5H,1-2H2,(H2,15,17)(H,16,18). The average molecular weight is 313 g/mol. The Bertz CT molecular complexity index is 682. The molecule has 0 aliphatic carbocycles. The highest BCUT2D eigenvalue weighted by Gasteiger charge is 2.07. The monoisotopic (exact) mass is 312 g/mol. The van der Waals surface area contributed by atoms with Gasteiger partial charge in [-0.2, -0.15) is 0 Å². The van der Waals surface area contributed by atoms with E-state index in [1.165, 1.54) is 12.1 Å². The van der Waals surface area contributed by atoms with Crippen molar-refractivity contribution in [3.8, 4) is 0 Å². The number of aryl methyl sites for hydroxylation is 1. The summed E-state index contributed by atoms with van der Waals surface area (Å²) in [5, 5.41) is 0.894. The molecule has 1 aromatic heterocycles. The number of carbonyl (C=O) groups is 1. The van der Waals surface area contributed by atoms with Crippen LogP contribution in [0, 0.1) is 5.82 Å². The van der Waals surface area contributed by atoms with Gasteiger partial charge in [-0.25, -0.2) is 4.39 Å². The number of aromatic nitrogens is 1. The predicted molar refractivity (Wildman–Crippen MR) is 69.7 cm³/mol. The molecule has 18 heavy (non-hydrogen) atoms. The number of benzene rings is 1. The van der Waals surface area contributed by atoms with Crippen LogP contribution in [0.1, 0.15) is 12.1 Å². The van der Waals surface area contributed by atoms with Crippen LogP contribution in [0.4, 0.5) is 4.39 Å². The van der Waals surface area contributed by atoms with Gasteiger partial charge in [-0.3, -0.25) is 9.59 Å². The van der Waals surface area contributed by atoms with Crippen LogP contribution in [0.5, 0.6) is 0 Å². The lowest BCUT2D eigenvalue weighted by Crippen LogP contribution is -2.14. The van der Waals surface area contributed by atoms with Crippen molar-refractivity contribution in [3.63, 3.8) is 0 Å². The Morgan fingerprint density at radius 1 is 1.39 bits per heavy atom. The number of carbonyl (C=O) groups excluding carboxylic acids is 1. The fourth-order valence-electron chi connectivity index (χ4n) is 1.71. The van der Waals surface area contributed by atoms with Crippen molar-refractivity contribution in [1.29, 1.82) is 0 Å². The van der Waals surface area contributed by atoms with Crippen LogP contribution in [0.25, 0.3) is 10.8 Å². The normalized spacial score (nSPS) is 10.8.